The molecule has 2 aliphatic carbocycles. The third-order valence-corrected chi connectivity index (χ3v) is 7.73. The lowest BCUT2D eigenvalue weighted by Gasteiger charge is -2.35. The summed E-state index contributed by atoms with van der Waals surface area (Å²) in [5.74, 6) is 3.47. The van der Waals surface area contributed by atoms with Crippen LogP contribution in [-0.2, 0) is 15.9 Å². The number of hydrogen-bond donors (Lipinski definition) is 1. The van der Waals surface area contributed by atoms with E-state index in [1.807, 2.05) is 7.05 Å². The van der Waals surface area contributed by atoms with Crippen molar-refractivity contribution in [2.75, 3.05) is 39.9 Å². The fraction of sp³-hybridized carbons (Fsp3) is 0.720. The zero-order valence-corrected chi connectivity index (χ0v) is 18.4. The highest BCUT2D eigenvalue weighted by Gasteiger charge is 2.52. The number of ether oxygens (including phenoxy) is 2. The van der Waals surface area contributed by atoms with Crippen LogP contribution >= 0.6 is 0 Å². The van der Waals surface area contributed by atoms with Gasteiger partial charge in [0.05, 0.1) is 18.8 Å². The highest BCUT2D eigenvalue weighted by Crippen LogP contribution is 2.59. The Kier molecular flexibility index (Phi) is 6.28. The summed E-state index contributed by atoms with van der Waals surface area (Å²) in [6.07, 6.45) is 9.08. The fourth-order valence-corrected chi connectivity index (χ4v) is 5.95. The lowest BCUT2D eigenvalue weighted by molar-refractivity contribution is -0.0721. The molecule has 5 heteroatoms. The second kappa shape index (κ2) is 9.27. The number of fused-ring (bicyclic) bond motifs is 3. The zero-order valence-electron chi connectivity index (χ0n) is 18.4. The summed E-state index contributed by atoms with van der Waals surface area (Å²) in [5.41, 5.74) is 3.18. The molecular weight excluding hydrogens is 374 g/mol. The Morgan fingerprint density at radius 1 is 1.17 bits per heavy atom. The van der Waals surface area contributed by atoms with Gasteiger partial charge < -0.3 is 19.7 Å². The van der Waals surface area contributed by atoms with E-state index in [0.717, 1.165) is 75.8 Å². The van der Waals surface area contributed by atoms with Crippen molar-refractivity contribution < 1.29 is 9.47 Å². The van der Waals surface area contributed by atoms with E-state index in [1.54, 1.807) is 11.1 Å². The molecule has 1 aromatic carbocycles. The third-order valence-electron chi connectivity index (χ3n) is 7.73. The van der Waals surface area contributed by atoms with Crippen LogP contribution in [0.4, 0.5) is 0 Å². The summed E-state index contributed by atoms with van der Waals surface area (Å²) in [5, 5.41) is 3.70. The topological polar surface area (TPSA) is 46.1 Å². The summed E-state index contributed by atoms with van der Waals surface area (Å²) in [6.45, 7) is 4.77. The smallest absolute Gasteiger partial charge is 0.193 e. The standard InChI is InChI=1S/C25H37N3O2/c1-26-25(27-16-23-22-10-9-18-6-2-3-8-21(18)24(22)23)28-13-11-19(12-14-28)30-17-20-7-4-5-15-29-20/h2-3,6,8,19-20,22-24H,4-5,7,9-17H2,1H3,(H,26,27). The van der Waals surface area contributed by atoms with Gasteiger partial charge in [-0.1, -0.05) is 24.3 Å². The van der Waals surface area contributed by atoms with Crippen molar-refractivity contribution in [2.45, 2.75) is 63.1 Å². The molecule has 2 heterocycles. The first kappa shape index (κ1) is 20.3. The number of aliphatic imine (C=N–C) groups is 1. The number of guanidine groups is 1. The van der Waals surface area contributed by atoms with Gasteiger partial charge in [-0.25, -0.2) is 0 Å². The maximum absolute atomic E-state index is 6.18. The van der Waals surface area contributed by atoms with Crippen molar-refractivity contribution in [3.05, 3.63) is 35.4 Å². The minimum absolute atomic E-state index is 0.318. The lowest BCUT2D eigenvalue weighted by atomic mass is 9.92. The van der Waals surface area contributed by atoms with E-state index in [4.69, 9.17) is 9.47 Å². The van der Waals surface area contributed by atoms with Gasteiger partial charge in [0.15, 0.2) is 5.96 Å². The first-order chi connectivity index (χ1) is 14.8. The van der Waals surface area contributed by atoms with E-state index < -0.39 is 0 Å². The average molecular weight is 412 g/mol. The first-order valence-corrected chi connectivity index (χ1v) is 12.1. The van der Waals surface area contributed by atoms with Gasteiger partial charge in [-0.2, -0.15) is 0 Å². The number of aryl methyl sites for hydroxylation is 1. The molecule has 2 aliphatic heterocycles. The van der Waals surface area contributed by atoms with Crippen LogP contribution in [0.5, 0.6) is 0 Å². The number of benzene rings is 1. The third kappa shape index (κ3) is 4.38. The van der Waals surface area contributed by atoms with Gasteiger partial charge in [0.1, 0.15) is 0 Å². The molecule has 0 bridgehead atoms. The predicted octanol–water partition coefficient (Wildman–Crippen LogP) is 3.59. The van der Waals surface area contributed by atoms with Crippen molar-refractivity contribution in [3.63, 3.8) is 0 Å². The molecular formula is C25H37N3O2. The lowest BCUT2D eigenvalue weighted by Crippen LogP contribution is -2.47. The monoisotopic (exact) mass is 411 g/mol. The Morgan fingerprint density at radius 3 is 2.83 bits per heavy atom. The highest BCUT2D eigenvalue weighted by molar-refractivity contribution is 5.80. The molecule has 4 aliphatic rings. The van der Waals surface area contributed by atoms with Gasteiger partial charge in [-0.15, -0.1) is 0 Å². The molecule has 1 N–H and O–H groups in total. The van der Waals surface area contributed by atoms with Gasteiger partial charge in [-0.05, 0) is 73.8 Å². The van der Waals surface area contributed by atoms with Crippen LogP contribution in [0.3, 0.4) is 0 Å². The molecule has 5 nitrogen and oxygen atoms in total. The van der Waals surface area contributed by atoms with Crippen LogP contribution in [0, 0.1) is 11.8 Å². The Morgan fingerprint density at radius 2 is 2.03 bits per heavy atom. The molecule has 4 atom stereocenters. The summed E-state index contributed by atoms with van der Waals surface area (Å²) < 4.78 is 12.0. The van der Waals surface area contributed by atoms with Gasteiger partial charge in [-0.3, -0.25) is 4.99 Å². The molecule has 0 radical (unpaired) electrons. The predicted molar refractivity (Wildman–Crippen MR) is 120 cm³/mol. The minimum atomic E-state index is 0.318. The molecule has 164 valence electrons. The average Bonchev–Trinajstić information content (AvgIpc) is 3.53. The number of hydrogen-bond acceptors (Lipinski definition) is 3. The molecule has 1 aromatic rings. The molecule has 2 saturated heterocycles. The first-order valence-electron chi connectivity index (χ1n) is 12.1. The molecule has 0 aromatic heterocycles. The van der Waals surface area contributed by atoms with E-state index in [1.165, 1.54) is 25.7 Å². The van der Waals surface area contributed by atoms with Crippen LogP contribution < -0.4 is 5.32 Å². The second-order valence-electron chi connectivity index (χ2n) is 9.53. The van der Waals surface area contributed by atoms with Crippen LogP contribution in [-0.4, -0.2) is 63.0 Å². The largest absolute Gasteiger partial charge is 0.376 e. The number of piperidine rings is 1. The molecule has 5 rings (SSSR count). The van der Waals surface area contributed by atoms with Crippen LogP contribution in [0.25, 0.3) is 0 Å². The fourth-order valence-electron chi connectivity index (χ4n) is 5.95. The molecule has 4 unspecified atom stereocenters. The summed E-state index contributed by atoms with van der Waals surface area (Å²) >= 11 is 0. The van der Waals surface area contributed by atoms with E-state index in [0.29, 0.717) is 12.2 Å². The molecule has 0 amide bonds. The number of likely N-dealkylation sites (tertiary alicyclic amines) is 1. The maximum atomic E-state index is 6.18. The summed E-state index contributed by atoms with van der Waals surface area (Å²) in [4.78, 5) is 7.00. The normalized spacial score (nSPS) is 31.8. The minimum Gasteiger partial charge on any atom is -0.376 e. The Balaban J connectivity index is 1.06. The van der Waals surface area contributed by atoms with E-state index in [9.17, 15) is 0 Å². The van der Waals surface area contributed by atoms with E-state index in [-0.39, 0.29) is 0 Å². The molecule has 0 spiro atoms. The highest BCUT2D eigenvalue weighted by atomic mass is 16.5. The number of nitrogens with one attached hydrogen (secondary N) is 1. The zero-order chi connectivity index (χ0) is 20.3. The van der Waals surface area contributed by atoms with Crippen molar-refractivity contribution in [1.82, 2.24) is 10.2 Å². The Hall–Kier alpha value is -1.59. The molecule has 1 saturated carbocycles. The summed E-state index contributed by atoms with van der Waals surface area (Å²) in [6, 6.07) is 9.06. The van der Waals surface area contributed by atoms with E-state index >= 15 is 0 Å². The van der Waals surface area contributed by atoms with Crippen molar-refractivity contribution in [1.29, 1.82) is 0 Å². The van der Waals surface area contributed by atoms with Gasteiger partial charge >= 0.3 is 0 Å². The van der Waals surface area contributed by atoms with Crippen molar-refractivity contribution in [2.24, 2.45) is 16.8 Å². The van der Waals surface area contributed by atoms with Crippen LogP contribution in [0.15, 0.2) is 29.3 Å². The van der Waals surface area contributed by atoms with Gasteiger partial charge in [0, 0.05) is 33.3 Å². The van der Waals surface area contributed by atoms with E-state index in [2.05, 4.69) is 39.5 Å². The molecule has 30 heavy (non-hydrogen) atoms. The number of nitrogens with zero attached hydrogens (tertiary/aromatic N) is 2. The van der Waals surface area contributed by atoms with Crippen LogP contribution in [0.1, 0.15) is 55.6 Å². The SMILES string of the molecule is CN=C(NCC1C2CCc3ccccc3C21)N1CCC(OCC2CCCCO2)CC1. The van der Waals surface area contributed by atoms with Gasteiger partial charge in [0.2, 0.25) is 0 Å². The number of rotatable bonds is 5. The molecule has 3 fully saturated rings. The second-order valence-corrected chi connectivity index (χ2v) is 9.53. The van der Waals surface area contributed by atoms with Gasteiger partial charge in [0.25, 0.3) is 0 Å². The van der Waals surface area contributed by atoms with Crippen molar-refractivity contribution >= 4 is 5.96 Å². The van der Waals surface area contributed by atoms with Crippen LogP contribution in [0.2, 0.25) is 0 Å². The van der Waals surface area contributed by atoms with Crippen molar-refractivity contribution in [3.8, 4) is 0 Å². The maximum Gasteiger partial charge on any atom is 0.193 e. The quantitative estimate of drug-likeness (QED) is 0.594. The Bertz CT molecular complexity index is 738. The Labute approximate surface area is 181 Å². The summed E-state index contributed by atoms with van der Waals surface area (Å²) in [7, 11) is 1.92.